The maximum atomic E-state index is 14.0. The third-order valence-corrected chi connectivity index (χ3v) is 6.46. The number of sulfonamides is 1. The van der Waals surface area contributed by atoms with Crippen molar-refractivity contribution >= 4 is 20.8 Å². The van der Waals surface area contributed by atoms with Gasteiger partial charge in [0.05, 0.1) is 4.90 Å². The highest BCUT2D eigenvalue weighted by Gasteiger charge is 2.38. The summed E-state index contributed by atoms with van der Waals surface area (Å²) in [6.07, 6.45) is 1.64. The molecule has 0 spiro atoms. The molecule has 3 aromatic rings. The van der Waals surface area contributed by atoms with Crippen LogP contribution in [-0.4, -0.2) is 18.8 Å². The fourth-order valence-electron chi connectivity index (χ4n) is 3.03. The molecule has 0 amide bonds. The largest absolute Gasteiger partial charge is 0.243 e. The van der Waals surface area contributed by atoms with Crippen LogP contribution >= 0.6 is 0 Å². The van der Waals surface area contributed by atoms with Crippen molar-refractivity contribution in [2.75, 3.05) is 0 Å². The lowest BCUT2D eigenvalue weighted by molar-refractivity contribution is 0.391. The first-order valence-electron chi connectivity index (χ1n) is 8.30. The second kappa shape index (κ2) is 6.24. The van der Waals surface area contributed by atoms with Gasteiger partial charge in [0.25, 0.3) is 0 Å². The molecule has 1 saturated carbocycles. The van der Waals surface area contributed by atoms with E-state index in [2.05, 4.69) is 0 Å². The van der Waals surface area contributed by atoms with Gasteiger partial charge in [0.2, 0.25) is 10.0 Å². The Balaban J connectivity index is 1.73. The van der Waals surface area contributed by atoms with Crippen LogP contribution in [0.1, 0.15) is 18.4 Å². The second-order valence-corrected chi connectivity index (χ2v) is 8.27. The number of nitrogens with zero attached hydrogens (tertiary/aromatic N) is 1. The zero-order valence-corrected chi connectivity index (χ0v) is 14.4. The molecule has 0 heterocycles. The van der Waals surface area contributed by atoms with Crippen LogP contribution in [0.2, 0.25) is 0 Å². The number of hydrogen-bond acceptors (Lipinski definition) is 2. The summed E-state index contributed by atoms with van der Waals surface area (Å²) in [6, 6.07) is 19.1. The number of hydrogen-bond donors (Lipinski definition) is 0. The van der Waals surface area contributed by atoms with Gasteiger partial charge in [-0.15, -0.1) is 0 Å². The number of benzene rings is 3. The first kappa shape index (κ1) is 16.2. The van der Waals surface area contributed by atoms with Crippen LogP contribution < -0.4 is 0 Å². The Kier molecular flexibility index (Phi) is 4.06. The molecule has 3 nitrogen and oxygen atoms in total. The molecule has 0 atom stereocenters. The Hall–Kier alpha value is -2.24. The van der Waals surface area contributed by atoms with Gasteiger partial charge in [-0.05, 0) is 41.8 Å². The van der Waals surface area contributed by atoms with Gasteiger partial charge in [-0.25, -0.2) is 12.8 Å². The molecule has 0 N–H and O–H groups in total. The SMILES string of the molecule is O=S(=O)(c1ccc2ccccc2c1)N(Cc1ccccc1F)C1CC1. The van der Waals surface area contributed by atoms with Gasteiger partial charge in [0, 0.05) is 18.2 Å². The minimum Gasteiger partial charge on any atom is -0.207 e. The van der Waals surface area contributed by atoms with Crippen LogP contribution in [0.5, 0.6) is 0 Å². The van der Waals surface area contributed by atoms with Gasteiger partial charge < -0.3 is 0 Å². The van der Waals surface area contributed by atoms with E-state index in [0.29, 0.717) is 5.56 Å². The maximum Gasteiger partial charge on any atom is 0.243 e. The van der Waals surface area contributed by atoms with E-state index in [0.717, 1.165) is 23.6 Å². The summed E-state index contributed by atoms with van der Waals surface area (Å²) in [5.74, 6) is -0.373. The maximum absolute atomic E-state index is 14.0. The minimum atomic E-state index is -3.68. The molecule has 0 aliphatic heterocycles. The van der Waals surface area contributed by atoms with Crippen molar-refractivity contribution in [1.82, 2.24) is 4.31 Å². The molecular formula is C20H18FNO2S. The molecule has 1 fully saturated rings. The van der Waals surface area contributed by atoms with Crippen molar-refractivity contribution < 1.29 is 12.8 Å². The van der Waals surface area contributed by atoms with Crippen molar-refractivity contribution in [3.8, 4) is 0 Å². The van der Waals surface area contributed by atoms with Gasteiger partial charge in [-0.2, -0.15) is 4.31 Å². The van der Waals surface area contributed by atoms with Gasteiger partial charge in [-0.3, -0.25) is 0 Å². The summed E-state index contributed by atoms with van der Waals surface area (Å²) in [5.41, 5.74) is 0.402. The zero-order chi connectivity index (χ0) is 17.4. The average molecular weight is 355 g/mol. The molecule has 5 heteroatoms. The van der Waals surface area contributed by atoms with E-state index in [1.165, 1.54) is 10.4 Å². The van der Waals surface area contributed by atoms with Gasteiger partial charge in [0.1, 0.15) is 5.82 Å². The minimum absolute atomic E-state index is 0.0453. The van der Waals surface area contributed by atoms with Gasteiger partial charge in [0.15, 0.2) is 0 Å². The summed E-state index contributed by atoms with van der Waals surface area (Å²) in [7, 11) is -3.68. The van der Waals surface area contributed by atoms with E-state index < -0.39 is 10.0 Å². The van der Waals surface area contributed by atoms with Crippen molar-refractivity contribution in [3.63, 3.8) is 0 Å². The molecule has 0 unspecified atom stereocenters. The van der Waals surface area contributed by atoms with Crippen molar-refractivity contribution in [3.05, 3.63) is 78.1 Å². The molecule has 0 aromatic heterocycles. The van der Waals surface area contributed by atoms with E-state index in [4.69, 9.17) is 0 Å². The lowest BCUT2D eigenvalue weighted by Gasteiger charge is -2.22. The van der Waals surface area contributed by atoms with Crippen LogP contribution in [0.4, 0.5) is 4.39 Å². The van der Waals surface area contributed by atoms with E-state index in [1.54, 1.807) is 30.3 Å². The molecule has 0 bridgehead atoms. The highest BCUT2D eigenvalue weighted by atomic mass is 32.2. The average Bonchev–Trinajstić information content (AvgIpc) is 3.45. The molecule has 3 aromatic carbocycles. The second-order valence-electron chi connectivity index (χ2n) is 6.38. The van der Waals surface area contributed by atoms with Crippen LogP contribution in [0.3, 0.4) is 0 Å². The van der Waals surface area contributed by atoms with Crippen LogP contribution in [0, 0.1) is 5.82 Å². The monoisotopic (exact) mass is 355 g/mol. The fraction of sp³-hybridized carbons (Fsp3) is 0.200. The molecule has 4 rings (SSSR count). The predicted molar refractivity (Wildman–Crippen MR) is 96.1 cm³/mol. The summed E-state index contributed by atoms with van der Waals surface area (Å²) >= 11 is 0. The third kappa shape index (κ3) is 3.17. The number of fused-ring (bicyclic) bond motifs is 1. The van der Waals surface area contributed by atoms with Crippen molar-refractivity contribution in [2.45, 2.75) is 30.3 Å². The molecule has 128 valence electrons. The Morgan fingerprint density at radius 2 is 1.60 bits per heavy atom. The van der Waals surface area contributed by atoms with Crippen molar-refractivity contribution in [2.24, 2.45) is 0 Å². The Morgan fingerprint density at radius 1 is 0.920 bits per heavy atom. The molecular weight excluding hydrogens is 337 g/mol. The van der Waals surface area contributed by atoms with E-state index >= 15 is 0 Å². The highest BCUT2D eigenvalue weighted by Crippen LogP contribution is 2.34. The standard InChI is InChI=1S/C20H18FNO2S/c21-20-8-4-3-7-17(20)14-22(18-10-11-18)25(23,24)19-12-9-15-5-1-2-6-16(15)13-19/h1-9,12-13,18H,10-11,14H2. The molecule has 1 aliphatic carbocycles. The topological polar surface area (TPSA) is 37.4 Å². The number of halogens is 1. The highest BCUT2D eigenvalue weighted by molar-refractivity contribution is 7.89. The Bertz CT molecular complexity index is 1030. The first-order chi connectivity index (χ1) is 12.1. The van der Waals surface area contributed by atoms with Crippen molar-refractivity contribution in [1.29, 1.82) is 0 Å². The smallest absolute Gasteiger partial charge is 0.207 e. The van der Waals surface area contributed by atoms with E-state index in [-0.39, 0.29) is 23.3 Å². The molecule has 0 radical (unpaired) electrons. The molecule has 25 heavy (non-hydrogen) atoms. The lowest BCUT2D eigenvalue weighted by Crippen LogP contribution is -2.33. The Morgan fingerprint density at radius 3 is 2.32 bits per heavy atom. The normalized spacial score (nSPS) is 15.0. The zero-order valence-electron chi connectivity index (χ0n) is 13.6. The summed E-state index contributed by atoms with van der Waals surface area (Å²) in [6.45, 7) is 0.0620. The molecule has 0 saturated heterocycles. The third-order valence-electron chi connectivity index (χ3n) is 4.57. The lowest BCUT2D eigenvalue weighted by atomic mass is 10.1. The summed E-state index contributed by atoms with van der Waals surface area (Å²) < 4.78 is 41.8. The quantitative estimate of drug-likeness (QED) is 0.683. The Labute approximate surface area is 146 Å². The predicted octanol–water partition coefficient (Wildman–Crippen LogP) is 4.33. The van der Waals surface area contributed by atoms with E-state index in [1.807, 2.05) is 30.3 Å². The fourth-order valence-corrected chi connectivity index (χ4v) is 4.73. The van der Waals surface area contributed by atoms with Crippen LogP contribution in [-0.2, 0) is 16.6 Å². The van der Waals surface area contributed by atoms with Crippen LogP contribution in [0.25, 0.3) is 10.8 Å². The summed E-state index contributed by atoms with van der Waals surface area (Å²) in [5, 5.41) is 1.87. The van der Waals surface area contributed by atoms with E-state index in [9.17, 15) is 12.8 Å². The van der Waals surface area contributed by atoms with Crippen LogP contribution in [0.15, 0.2) is 71.6 Å². The van der Waals surface area contributed by atoms with Gasteiger partial charge >= 0.3 is 0 Å². The first-order valence-corrected chi connectivity index (χ1v) is 9.74. The number of rotatable bonds is 5. The van der Waals surface area contributed by atoms with Gasteiger partial charge in [-0.1, -0.05) is 48.5 Å². The summed E-state index contributed by atoms with van der Waals surface area (Å²) in [4.78, 5) is 0.259. The molecule has 1 aliphatic rings.